The molecule has 3 heterocycles. The lowest BCUT2D eigenvalue weighted by atomic mass is 10.1. The van der Waals surface area contributed by atoms with E-state index >= 15 is 0 Å². The Morgan fingerprint density at radius 1 is 1.09 bits per heavy atom. The highest BCUT2D eigenvalue weighted by atomic mass is 16.8. The third-order valence-corrected chi connectivity index (χ3v) is 4.54. The van der Waals surface area contributed by atoms with Crippen LogP contribution >= 0.6 is 0 Å². The van der Waals surface area contributed by atoms with Crippen LogP contribution in [0.15, 0.2) is 0 Å². The highest BCUT2D eigenvalue weighted by Gasteiger charge is 2.57. The molecule has 0 aliphatic carbocycles. The van der Waals surface area contributed by atoms with Gasteiger partial charge in [0.15, 0.2) is 12.0 Å². The molecule has 2 saturated heterocycles. The first-order valence-corrected chi connectivity index (χ1v) is 10.1. The molecule has 0 aromatic carbocycles. The number of aromatic nitrogens is 3. The van der Waals surface area contributed by atoms with E-state index in [4.69, 9.17) is 28.4 Å². The normalized spacial score (nSPS) is 25.4. The van der Waals surface area contributed by atoms with Crippen LogP contribution in [-0.2, 0) is 38.0 Å². The number of hydrogen-bond acceptors (Lipinski definition) is 11. The van der Waals surface area contributed by atoms with Crippen molar-refractivity contribution in [2.75, 3.05) is 19.8 Å². The van der Waals surface area contributed by atoms with Crippen molar-refractivity contribution < 1.29 is 42.8 Å². The molecule has 2 fully saturated rings. The van der Waals surface area contributed by atoms with Crippen molar-refractivity contribution in [2.24, 2.45) is 0 Å². The minimum Gasteiger partial charge on any atom is -0.463 e. The Kier molecular flexibility index (Phi) is 7.12. The lowest BCUT2D eigenvalue weighted by Gasteiger charge is -2.24. The van der Waals surface area contributed by atoms with Gasteiger partial charge in [-0.05, 0) is 33.6 Å². The first-order valence-electron chi connectivity index (χ1n) is 10.1. The van der Waals surface area contributed by atoms with Crippen LogP contribution in [0.25, 0.3) is 0 Å². The van der Waals surface area contributed by atoms with Crippen LogP contribution in [0.1, 0.15) is 57.0 Å². The molecule has 0 unspecified atom stereocenters. The van der Waals surface area contributed by atoms with Gasteiger partial charge in [-0.25, -0.2) is 14.3 Å². The summed E-state index contributed by atoms with van der Waals surface area (Å²) < 4.78 is 34.1. The average molecular weight is 451 g/mol. The Hall–Kier alpha value is -3.01. The summed E-state index contributed by atoms with van der Waals surface area (Å²) in [7, 11) is 0. The first kappa shape index (κ1) is 23.6. The number of carbonyl (C=O) groups excluding carboxylic acids is 3. The maximum absolute atomic E-state index is 12.4. The van der Waals surface area contributed by atoms with E-state index in [1.165, 1.54) is 11.6 Å². The minimum atomic E-state index is -0.937. The largest absolute Gasteiger partial charge is 0.463 e. The van der Waals surface area contributed by atoms with Crippen LogP contribution in [-0.4, -0.2) is 76.8 Å². The number of nitrogens with zero attached hydrogens (tertiary/aromatic N) is 3. The van der Waals surface area contributed by atoms with Crippen molar-refractivity contribution in [3.63, 3.8) is 0 Å². The highest BCUT2D eigenvalue weighted by molar-refractivity contribution is 5.92. The first-order chi connectivity index (χ1) is 15.2. The molecule has 2 aliphatic rings. The Bertz CT molecular complexity index is 946. The maximum atomic E-state index is 12.4. The van der Waals surface area contributed by atoms with E-state index in [1.54, 1.807) is 27.7 Å². The summed E-state index contributed by atoms with van der Waals surface area (Å²) in [6.45, 7) is 8.21. The van der Waals surface area contributed by atoms with E-state index in [2.05, 4.69) is 22.2 Å². The standard InChI is InChI=1S/C20H25N3O9/c1-6-27-14(25)9-8-12-15(19(26)28-7-2)21-22-23(12)18-17-16(31-20(4,5)32-17)13(30-18)10-29-11(3)24/h13,16-18H,6-7,10H2,1-5H3/t13-,16-,17-,18-/m1/s1. The molecule has 3 rings (SSSR count). The lowest BCUT2D eigenvalue weighted by Crippen LogP contribution is -2.33. The minimum absolute atomic E-state index is 0.0123. The lowest BCUT2D eigenvalue weighted by molar-refractivity contribution is -0.203. The van der Waals surface area contributed by atoms with Gasteiger partial charge >= 0.3 is 17.9 Å². The van der Waals surface area contributed by atoms with E-state index < -0.39 is 48.2 Å². The molecular weight excluding hydrogens is 426 g/mol. The van der Waals surface area contributed by atoms with Gasteiger partial charge in [0.1, 0.15) is 30.6 Å². The Balaban J connectivity index is 1.98. The van der Waals surface area contributed by atoms with Gasteiger partial charge in [-0.15, -0.1) is 5.10 Å². The smallest absolute Gasteiger partial charge is 0.384 e. The van der Waals surface area contributed by atoms with Crippen LogP contribution in [0.3, 0.4) is 0 Å². The predicted molar refractivity (Wildman–Crippen MR) is 104 cm³/mol. The molecule has 0 radical (unpaired) electrons. The molecule has 1 aromatic rings. The molecule has 0 bridgehead atoms. The van der Waals surface area contributed by atoms with Crippen LogP contribution in [0.2, 0.25) is 0 Å². The van der Waals surface area contributed by atoms with E-state index in [9.17, 15) is 14.4 Å². The maximum Gasteiger partial charge on any atom is 0.384 e. The number of rotatable bonds is 6. The van der Waals surface area contributed by atoms with Gasteiger partial charge in [0.2, 0.25) is 5.69 Å². The number of fused-ring (bicyclic) bond motifs is 1. The van der Waals surface area contributed by atoms with Crippen molar-refractivity contribution in [1.29, 1.82) is 0 Å². The zero-order chi connectivity index (χ0) is 23.5. The van der Waals surface area contributed by atoms with Crippen molar-refractivity contribution in [1.82, 2.24) is 15.0 Å². The summed E-state index contributed by atoms with van der Waals surface area (Å²) in [5, 5.41) is 7.88. The zero-order valence-electron chi connectivity index (χ0n) is 18.4. The molecule has 0 N–H and O–H groups in total. The van der Waals surface area contributed by atoms with Gasteiger partial charge in [-0.2, -0.15) is 0 Å². The fraction of sp³-hybridized carbons (Fsp3) is 0.650. The van der Waals surface area contributed by atoms with Gasteiger partial charge in [0.25, 0.3) is 0 Å². The summed E-state index contributed by atoms with van der Waals surface area (Å²) in [6, 6.07) is 0. The van der Waals surface area contributed by atoms with E-state index in [-0.39, 0.29) is 31.2 Å². The van der Waals surface area contributed by atoms with Crippen molar-refractivity contribution in [2.45, 2.75) is 64.9 Å². The van der Waals surface area contributed by atoms with Gasteiger partial charge in [-0.3, -0.25) is 4.79 Å². The summed E-state index contributed by atoms with van der Waals surface area (Å²) in [5.74, 6) is 1.92. The second kappa shape index (κ2) is 9.64. The van der Waals surface area contributed by atoms with E-state index in [0.717, 1.165) is 0 Å². The SMILES string of the molecule is CCOC(=O)C#Cc1c(C(=O)OCC)nnn1[C@@H]1O[C@H](COC(C)=O)[C@H]2OC(C)(C)O[C@H]21. The molecule has 4 atom stereocenters. The number of carbonyl (C=O) groups is 3. The second-order valence-electron chi connectivity index (χ2n) is 7.35. The highest BCUT2D eigenvalue weighted by Crippen LogP contribution is 2.43. The van der Waals surface area contributed by atoms with Crippen LogP contribution < -0.4 is 0 Å². The Morgan fingerprint density at radius 3 is 2.44 bits per heavy atom. The quantitative estimate of drug-likeness (QED) is 0.336. The number of hydrogen-bond donors (Lipinski definition) is 0. The molecular formula is C20H25N3O9. The van der Waals surface area contributed by atoms with Gasteiger partial charge in [0, 0.05) is 12.8 Å². The van der Waals surface area contributed by atoms with Crippen LogP contribution in [0.5, 0.6) is 0 Å². The van der Waals surface area contributed by atoms with Crippen LogP contribution in [0, 0.1) is 11.8 Å². The fourth-order valence-corrected chi connectivity index (χ4v) is 3.39. The Labute approximate surface area is 184 Å². The summed E-state index contributed by atoms with van der Waals surface area (Å²) >= 11 is 0. The van der Waals surface area contributed by atoms with Gasteiger partial charge < -0.3 is 28.4 Å². The fourth-order valence-electron chi connectivity index (χ4n) is 3.39. The summed E-state index contributed by atoms with van der Waals surface area (Å²) in [4.78, 5) is 35.4. The average Bonchev–Trinajstić information content (AvgIpc) is 3.35. The molecule has 174 valence electrons. The third-order valence-electron chi connectivity index (χ3n) is 4.54. The molecule has 32 heavy (non-hydrogen) atoms. The number of esters is 3. The van der Waals surface area contributed by atoms with Crippen LogP contribution in [0.4, 0.5) is 0 Å². The molecule has 12 heteroatoms. The predicted octanol–water partition coefficient (Wildman–Crippen LogP) is 0.350. The molecule has 0 amide bonds. The number of ether oxygens (including phenoxy) is 6. The monoisotopic (exact) mass is 451 g/mol. The summed E-state index contributed by atoms with van der Waals surface area (Å²) in [6.07, 6.45) is -2.86. The van der Waals surface area contributed by atoms with E-state index in [0.29, 0.717) is 0 Å². The third kappa shape index (κ3) is 5.07. The Morgan fingerprint density at radius 2 is 1.78 bits per heavy atom. The summed E-state index contributed by atoms with van der Waals surface area (Å²) in [5.41, 5.74) is -0.202. The van der Waals surface area contributed by atoms with Crippen molar-refractivity contribution >= 4 is 17.9 Å². The van der Waals surface area contributed by atoms with Crippen molar-refractivity contribution in [3.8, 4) is 11.8 Å². The molecule has 12 nitrogen and oxygen atoms in total. The van der Waals surface area contributed by atoms with E-state index in [1.807, 2.05) is 0 Å². The van der Waals surface area contributed by atoms with Gasteiger partial charge in [-0.1, -0.05) is 5.21 Å². The topological polar surface area (TPSA) is 137 Å². The second-order valence-corrected chi connectivity index (χ2v) is 7.35. The molecule has 0 spiro atoms. The molecule has 0 saturated carbocycles. The zero-order valence-corrected chi connectivity index (χ0v) is 18.4. The molecule has 1 aromatic heterocycles. The molecule has 2 aliphatic heterocycles. The van der Waals surface area contributed by atoms with Gasteiger partial charge in [0.05, 0.1) is 13.2 Å². The van der Waals surface area contributed by atoms with Crippen molar-refractivity contribution in [3.05, 3.63) is 11.4 Å².